The van der Waals surface area contributed by atoms with Crippen molar-refractivity contribution in [2.45, 2.75) is 11.1 Å². The van der Waals surface area contributed by atoms with Crippen molar-refractivity contribution in [2.24, 2.45) is 5.73 Å². The second-order valence-corrected chi connectivity index (χ2v) is 5.48. The summed E-state index contributed by atoms with van der Waals surface area (Å²) in [5.74, 6) is 0. The van der Waals surface area contributed by atoms with Crippen LogP contribution in [0.1, 0.15) is 5.56 Å². The van der Waals surface area contributed by atoms with Crippen LogP contribution in [0.2, 0.25) is 0 Å². The zero-order chi connectivity index (χ0) is 14.0. The largest absolute Gasteiger partial charge is 0.402 e. The quantitative estimate of drug-likeness (QED) is 0.818. The average molecular weight is 298 g/mol. The van der Waals surface area contributed by atoms with Crippen molar-refractivity contribution in [1.29, 1.82) is 0 Å². The normalized spacial score (nSPS) is 12.4. The Labute approximate surface area is 107 Å². The maximum absolute atomic E-state index is 12.0. The molecule has 0 bridgehead atoms. The van der Waals surface area contributed by atoms with E-state index in [-0.39, 0.29) is 15.4 Å². The molecular weight excluding hydrogens is 289 g/mol. The molecule has 0 amide bonds. The van der Waals surface area contributed by atoms with Gasteiger partial charge in [-0.1, -0.05) is 30.4 Å². The molecule has 1 aromatic carbocycles. The Bertz CT molecular complexity index is 555. The van der Waals surface area contributed by atoms with Gasteiger partial charge < -0.3 is 5.73 Å². The third-order valence-corrected chi connectivity index (χ3v) is 3.58. The van der Waals surface area contributed by atoms with Gasteiger partial charge in [0.15, 0.2) is 0 Å². The van der Waals surface area contributed by atoms with E-state index in [0.29, 0.717) is 0 Å². The zero-order valence-electron chi connectivity index (χ0n) is 8.86. The van der Waals surface area contributed by atoms with E-state index >= 15 is 0 Å². The minimum absolute atomic E-state index is 0.00201. The van der Waals surface area contributed by atoms with Gasteiger partial charge in [0.25, 0.3) is 0 Å². The van der Waals surface area contributed by atoms with Crippen LogP contribution in [-0.2, 0) is 10.0 Å². The summed E-state index contributed by atoms with van der Waals surface area (Å²) in [7, 11) is -4.31. The molecule has 0 spiro atoms. The minimum atomic E-state index is -4.63. The van der Waals surface area contributed by atoms with Crippen LogP contribution in [0.25, 0.3) is 0 Å². The molecule has 1 aromatic rings. The van der Waals surface area contributed by atoms with Gasteiger partial charge in [-0.15, -0.1) is 0 Å². The predicted molar refractivity (Wildman–Crippen MR) is 63.6 cm³/mol. The van der Waals surface area contributed by atoms with Crippen molar-refractivity contribution >= 4 is 27.2 Å². The van der Waals surface area contributed by atoms with Gasteiger partial charge in [0.05, 0.1) is 4.90 Å². The molecule has 0 aliphatic carbocycles. The first-order valence-corrected chi connectivity index (χ1v) is 6.48. The molecule has 0 aliphatic heterocycles. The monoisotopic (exact) mass is 298 g/mol. The van der Waals surface area contributed by atoms with Crippen molar-refractivity contribution in [3.8, 4) is 0 Å². The van der Waals surface area contributed by atoms with Crippen molar-refractivity contribution in [3.63, 3.8) is 0 Å². The number of alkyl halides is 3. The van der Waals surface area contributed by atoms with Gasteiger partial charge in [0.1, 0.15) is 11.5 Å². The molecule has 0 aromatic heterocycles. The SMILES string of the molecule is NC(=S)c1ccccc1S(=O)(=O)NCC(F)(F)F. The summed E-state index contributed by atoms with van der Waals surface area (Å²) in [6.07, 6.45) is -4.63. The average Bonchev–Trinajstić information content (AvgIpc) is 2.26. The van der Waals surface area contributed by atoms with Crippen LogP contribution in [0.15, 0.2) is 29.2 Å². The van der Waals surface area contributed by atoms with Gasteiger partial charge in [-0.3, -0.25) is 0 Å². The molecule has 1 rings (SSSR count). The molecule has 0 radical (unpaired) electrons. The summed E-state index contributed by atoms with van der Waals surface area (Å²) < 4.78 is 60.7. The first kappa shape index (κ1) is 14.9. The fraction of sp³-hybridized carbons (Fsp3) is 0.222. The second kappa shape index (κ2) is 5.21. The highest BCUT2D eigenvalue weighted by molar-refractivity contribution is 7.89. The van der Waals surface area contributed by atoms with Gasteiger partial charge in [-0.2, -0.15) is 13.2 Å². The van der Waals surface area contributed by atoms with E-state index in [1.54, 1.807) is 0 Å². The summed E-state index contributed by atoms with van der Waals surface area (Å²) in [6, 6.07) is 5.30. The molecule has 3 N–H and O–H groups in total. The highest BCUT2D eigenvalue weighted by Gasteiger charge is 2.30. The van der Waals surface area contributed by atoms with E-state index in [1.807, 2.05) is 0 Å². The summed E-state index contributed by atoms with van der Waals surface area (Å²) in [5, 5.41) is 0. The molecule has 0 heterocycles. The fourth-order valence-electron chi connectivity index (χ4n) is 1.16. The topological polar surface area (TPSA) is 72.2 Å². The Hall–Kier alpha value is -1.19. The fourth-order valence-corrected chi connectivity index (χ4v) is 2.64. The molecule has 0 fully saturated rings. The van der Waals surface area contributed by atoms with E-state index in [2.05, 4.69) is 12.2 Å². The summed E-state index contributed by atoms with van der Waals surface area (Å²) in [5.41, 5.74) is 5.31. The van der Waals surface area contributed by atoms with Crippen molar-refractivity contribution in [3.05, 3.63) is 29.8 Å². The molecule has 9 heteroatoms. The maximum atomic E-state index is 12.0. The van der Waals surface area contributed by atoms with E-state index in [4.69, 9.17) is 5.73 Å². The van der Waals surface area contributed by atoms with E-state index in [0.717, 1.165) is 6.07 Å². The van der Waals surface area contributed by atoms with Crippen LogP contribution in [0.3, 0.4) is 0 Å². The lowest BCUT2D eigenvalue weighted by Gasteiger charge is -2.11. The van der Waals surface area contributed by atoms with Gasteiger partial charge in [-0.25, -0.2) is 13.1 Å². The Balaban J connectivity index is 3.10. The Kier molecular flexibility index (Phi) is 4.30. The van der Waals surface area contributed by atoms with E-state index < -0.39 is 22.7 Å². The maximum Gasteiger partial charge on any atom is 0.402 e. The van der Waals surface area contributed by atoms with Gasteiger partial charge in [0, 0.05) is 5.56 Å². The van der Waals surface area contributed by atoms with Gasteiger partial charge >= 0.3 is 6.18 Å². The Morgan fingerprint density at radius 3 is 2.39 bits per heavy atom. The lowest BCUT2D eigenvalue weighted by atomic mass is 10.2. The number of benzene rings is 1. The van der Waals surface area contributed by atoms with Gasteiger partial charge in [0.2, 0.25) is 10.0 Å². The van der Waals surface area contributed by atoms with E-state index in [9.17, 15) is 21.6 Å². The predicted octanol–water partition coefficient (Wildman–Crippen LogP) is 1.16. The number of halogens is 3. The summed E-state index contributed by atoms with van der Waals surface area (Å²) in [6.45, 7) is -1.65. The molecule has 4 nitrogen and oxygen atoms in total. The first-order chi connectivity index (χ1) is 8.13. The van der Waals surface area contributed by atoms with Crippen LogP contribution in [0.5, 0.6) is 0 Å². The van der Waals surface area contributed by atoms with Crippen molar-refractivity contribution in [2.75, 3.05) is 6.54 Å². The molecule has 100 valence electrons. The molecule has 0 unspecified atom stereocenters. The lowest BCUT2D eigenvalue weighted by molar-refractivity contribution is -0.121. The smallest absolute Gasteiger partial charge is 0.389 e. The number of nitrogens with two attached hydrogens (primary N) is 1. The van der Waals surface area contributed by atoms with Crippen molar-refractivity contribution in [1.82, 2.24) is 4.72 Å². The molecule has 0 saturated heterocycles. The molecule has 0 saturated carbocycles. The number of thiocarbonyl (C=S) groups is 1. The number of hydrogen-bond acceptors (Lipinski definition) is 3. The van der Waals surface area contributed by atoms with Crippen molar-refractivity contribution < 1.29 is 21.6 Å². The Morgan fingerprint density at radius 2 is 1.89 bits per heavy atom. The molecule has 18 heavy (non-hydrogen) atoms. The number of sulfonamides is 1. The third kappa shape index (κ3) is 3.93. The number of rotatable bonds is 4. The van der Waals surface area contributed by atoms with Crippen LogP contribution in [-0.4, -0.2) is 26.1 Å². The van der Waals surface area contributed by atoms with Crippen LogP contribution in [0.4, 0.5) is 13.2 Å². The lowest BCUT2D eigenvalue weighted by Crippen LogP contribution is -2.34. The van der Waals surface area contributed by atoms with Crippen LogP contribution < -0.4 is 10.5 Å². The highest BCUT2D eigenvalue weighted by atomic mass is 32.2. The number of nitrogens with one attached hydrogen (secondary N) is 1. The van der Waals surface area contributed by atoms with Crippen LogP contribution >= 0.6 is 12.2 Å². The zero-order valence-corrected chi connectivity index (χ0v) is 10.5. The summed E-state index contributed by atoms with van der Waals surface area (Å²) in [4.78, 5) is -0.579. The molecule has 0 aliphatic rings. The van der Waals surface area contributed by atoms with Gasteiger partial charge in [-0.05, 0) is 6.07 Å². The standard InChI is InChI=1S/C9H9F3N2O2S2/c10-9(11,12)5-14-18(15,16)7-4-2-1-3-6(7)8(13)17/h1-4,14H,5H2,(H2,13,17). The third-order valence-electron chi connectivity index (χ3n) is 1.90. The minimum Gasteiger partial charge on any atom is -0.389 e. The molecular formula is C9H9F3N2O2S2. The highest BCUT2D eigenvalue weighted by Crippen LogP contribution is 2.18. The van der Waals surface area contributed by atoms with Crippen LogP contribution in [0, 0.1) is 0 Å². The first-order valence-electron chi connectivity index (χ1n) is 4.59. The Morgan fingerprint density at radius 1 is 1.33 bits per heavy atom. The second-order valence-electron chi connectivity index (χ2n) is 3.30. The summed E-state index contributed by atoms with van der Waals surface area (Å²) >= 11 is 4.64. The molecule has 0 atom stereocenters. The van der Waals surface area contributed by atoms with E-state index in [1.165, 1.54) is 22.9 Å². The number of hydrogen-bond donors (Lipinski definition) is 2.